The second-order valence-corrected chi connectivity index (χ2v) is 3.85. The molecular weight excluding hydrogens is 192 g/mol. The van der Waals surface area contributed by atoms with Gasteiger partial charge in [0.25, 0.3) is 0 Å². The molecule has 0 radical (unpaired) electrons. The maximum atomic E-state index is 10.7. The fourth-order valence-electron chi connectivity index (χ4n) is 1.78. The number of rotatable bonds is 1. The average molecular weight is 204 g/mol. The number of hydrogen-bond donors (Lipinski definition) is 2. The summed E-state index contributed by atoms with van der Waals surface area (Å²) in [4.78, 5) is 10.7. The molecule has 0 saturated carbocycles. The Hall–Kier alpha value is -0.690. The van der Waals surface area contributed by atoms with E-state index in [0.717, 1.165) is 0 Å². The number of carboxylic acid groups (broad SMARTS) is 1. The highest BCUT2D eigenvalue weighted by Gasteiger charge is 2.57. The van der Waals surface area contributed by atoms with Gasteiger partial charge in [-0.1, -0.05) is 0 Å². The molecule has 0 unspecified atom stereocenters. The monoisotopic (exact) mass is 204 g/mol. The first kappa shape index (κ1) is 9.85. The van der Waals surface area contributed by atoms with Gasteiger partial charge in [-0.2, -0.15) is 0 Å². The number of ether oxygens (including phenoxy) is 3. The van der Waals surface area contributed by atoms with Crippen molar-refractivity contribution in [2.45, 2.75) is 44.2 Å². The van der Waals surface area contributed by atoms with Crippen molar-refractivity contribution in [2.75, 3.05) is 0 Å². The predicted octanol–water partition coefficient (Wildman–Crippen LogP) is -0.692. The Bertz CT molecular complexity index is 263. The van der Waals surface area contributed by atoms with E-state index >= 15 is 0 Å². The van der Waals surface area contributed by atoms with Gasteiger partial charge in [0, 0.05) is 0 Å². The van der Waals surface area contributed by atoms with Gasteiger partial charge in [-0.15, -0.1) is 0 Å². The lowest BCUT2D eigenvalue weighted by molar-refractivity contribution is -0.222. The Morgan fingerprint density at radius 1 is 1.29 bits per heavy atom. The van der Waals surface area contributed by atoms with E-state index in [9.17, 15) is 9.90 Å². The summed E-state index contributed by atoms with van der Waals surface area (Å²) >= 11 is 0. The molecule has 2 saturated heterocycles. The molecule has 4 atom stereocenters. The number of carbonyl (C=O) groups is 1. The normalized spacial score (nSPS) is 45.1. The molecule has 0 aliphatic carbocycles. The Kier molecular flexibility index (Phi) is 2.04. The second-order valence-electron chi connectivity index (χ2n) is 3.85. The molecule has 2 aliphatic heterocycles. The highest BCUT2D eigenvalue weighted by atomic mass is 16.8. The summed E-state index contributed by atoms with van der Waals surface area (Å²) < 4.78 is 15.4. The topological polar surface area (TPSA) is 85.2 Å². The van der Waals surface area contributed by atoms with Crippen molar-refractivity contribution in [2.24, 2.45) is 0 Å². The van der Waals surface area contributed by atoms with Crippen LogP contribution in [0.3, 0.4) is 0 Å². The number of fused-ring (bicyclic) bond motifs is 1. The van der Waals surface area contributed by atoms with Crippen LogP contribution in [0.25, 0.3) is 0 Å². The Morgan fingerprint density at radius 2 is 1.86 bits per heavy atom. The molecule has 2 rings (SSSR count). The zero-order valence-electron chi connectivity index (χ0n) is 7.84. The number of aliphatic hydroxyl groups excluding tert-OH is 1. The fraction of sp³-hybridized carbons (Fsp3) is 0.875. The molecule has 2 N–H and O–H groups in total. The van der Waals surface area contributed by atoms with Crippen LogP contribution in [0, 0.1) is 0 Å². The summed E-state index contributed by atoms with van der Waals surface area (Å²) in [7, 11) is 0. The first-order chi connectivity index (χ1) is 6.41. The van der Waals surface area contributed by atoms with E-state index in [1.807, 2.05) is 0 Å². The van der Waals surface area contributed by atoms with E-state index in [1.165, 1.54) is 0 Å². The summed E-state index contributed by atoms with van der Waals surface area (Å²) in [5.74, 6) is -2.02. The molecule has 80 valence electrons. The van der Waals surface area contributed by atoms with Crippen LogP contribution >= 0.6 is 0 Å². The third-order valence-corrected chi connectivity index (χ3v) is 2.27. The van der Waals surface area contributed by atoms with Gasteiger partial charge in [-0.3, -0.25) is 0 Å². The molecule has 0 aromatic heterocycles. The standard InChI is InChI=1S/C8H12O6/c1-8(2)13-3-4(6(9)10)12-7(11)5(3)14-8/h3-5,7,11H,1-2H3,(H,9,10)/t3-,4+,5-,7+/m0/s1. The zero-order valence-corrected chi connectivity index (χ0v) is 7.84. The average Bonchev–Trinajstić information content (AvgIpc) is 2.47. The van der Waals surface area contributed by atoms with E-state index < -0.39 is 36.4 Å². The predicted molar refractivity (Wildman–Crippen MR) is 42.3 cm³/mol. The largest absolute Gasteiger partial charge is 0.479 e. The van der Waals surface area contributed by atoms with Crippen LogP contribution in [0.5, 0.6) is 0 Å². The molecule has 6 nitrogen and oxygen atoms in total. The van der Waals surface area contributed by atoms with Crippen molar-refractivity contribution in [3.63, 3.8) is 0 Å². The van der Waals surface area contributed by atoms with Crippen LogP contribution in [-0.4, -0.2) is 46.6 Å². The minimum Gasteiger partial charge on any atom is -0.479 e. The quantitative estimate of drug-likeness (QED) is 0.588. The highest BCUT2D eigenvalue weighted by molar-refractivity contribution is 5.73. The molecule has 2 fully saturated rings. The van der Waals surface area contributed by atoms with Crippen molar-refractivity contribution in [3.8, 4) is 0 Å². The van der Waals surface area contributed by atoms with Gasteiger partial charge < -0.3 is 24.4 Å². The maximum absolute atomic E-state index is 10.7. The highest BCUT2D eigenvalue weighted by Crippen LogP contribution is 2.37. The first-order valence-corrected chi connectivity index (χ1v) is 4.33. The van der Waals surface area contributed by atoms with Crippen molar-refractivity contribution in [1.29, 1.82) is 0 Å². The van der Waals surface area contributed by atoms with Crippen LogP contribution in [0.1, 0.15) is 13.8 Å². The number of carboxylic acids is 1. The molecule has 0 bridgehead atoms. The van der Waals surface area contributed by atoms with Gasteiger partial charge in [0.1, 0.15) is 12.2 Å². The van der Waals surface area contributed by atoms with Gasteiger partial charge in [-0.25, -0.2) is 4.79 Å². The molecule has 2 heterocycles. The van der Waals surface area contributed by atoms with Crippen LogP contribution in [0.2, 0.25) is 0 Å². The SMILES string of the molecule is CC1(C)O[C@@H]2[C@H](O1)[C@H](O)O[C@H]2C(=O)O. The molecule has 0 aromatic carbocycles. The van der Waals surface area contributed by atoms with Gasteiger partial charge in [0.2, 0.25) is 0 Å². The van der Waals surface area contributed by atoms with Crippen LogP contribution < -0.4 is 0 Å². The fourth-order valence-corrected chi connectivity index (χ4v) is 1.78. The smallest absolute Gasteiger partial charge is 0.335 e. The first-order valence-electron chi connectivity index (χ1n) is 4.33. The molecule has 0 aromatic rings. The number of hydrogen-bond acceptors (Lipinski definition) is 5. The van der Waals surface area contributed by atoms with Crippen molar-refractivity contribution in [1.82, 2.24) is 0 Å². The summed E-state index contributed by atoms with van der Waals surface area (Å²) in [6.07, 6.45) is -3.84. The lowest BCUT2D eigenvalue weighted by Crippen LogP contribution is -2.35. The Morgan fingerprint density at radius 3 is 2.43 bits per heavy atom. The van der Waals surface area contributed by atoms with Crippen LogP contribution in [0.15, 0.2) is 0 Å². The minimum absolute atomic E-state index is 0.717. The Balaban J connectivity index is 2.19. The maximum Gasteiger partial charge on any atom is 0.335 e. The third-order valence-electron chi connectivity index (χ3n) is 2.27. The molecule has 14 heavy (non-hydrogen) atoms. The van der Waals surface area contributed by atoms with E-state index in [1.54, 1.807) is 13.8 Å². The molecule has 2 aliphatic rings. The summed E-state index contributed by atoms with van der Waals surface area (Å²) in [5, 5.41) is 18.1. The van der Waals surface area contributed by atoms with Crippen molar-refractivity contribution >= 4 is 5.97 Å². The third kappa shape index (κ3) is 1.40. The Labute approximate surface area is 80.4 Å². The second kappa shape index (κ2) is 2.90. The lowest BCUT2D eigenvalue weighted by atomic mass is 10.1. The summed E-state index contributed by atoms with van der Waals surface area (Å²) in [6.45, 7) is 3.33. The lowest BCUT2D eigenvalue weighted by Gasteiger charge is -2.20. The van der Waals surface area contributed by atoms with Crippen molar-refractivity contribution < 1.29 is 29.2 Å². The van der Waals surface area contributed by atoms with Crippen LogP contribution in [-0.2, 0) is 19.0 Å². The van der Waals surface area contributed by atoms with Gasteiger partial charge >= 0.3 is 5.97 Å². The van der Waals surface area contributed by atoms with Gasteiger partial charge in [0.15, 0.2) is 18.2 Å². The van der Waals surface area contributed by atoms with E-state index in [2.05, 4.69) is 0 Å². The van der Waals surface area contributed by atoms with Gasteiger partial charge in [-0.05, 0) is 13.8 Å². The number of aliphatic carboxylic acids is 1. The van der Waals surface area contributed by atoms with Crippen LogP contribution in [0.4, 0.5) is 0 Å². The zero-order chi connectivity index (χ0) is 10.5. The van der Waals surface area contributed by atoms with E-state index in [-0.39, 0.29) is 0 Å². The van der Waals surface area contributed by atoms with Gasteiger partial charge in [0.05, 0.1) is 0 Å². The van der Waals surface area contributed by atoms with E-state index in [4.69, 9.17) is 19.3 Å². The molecule has 0 amide bonds. The molecular formula is C8H12O6. The summed E-state index contributed by atoms with van der Waals surface area (Å²) in [5.41, 5.74) is 0. The van der Waals surface area contributed by atoms with Crippen molar-refractivity contribution in [3.05, 3.63) is 0 Å². The minimum atomic E-state index is -1.23. The summed E-state index contributed by atoms with van der Waals surface area (Å²) in [6, 6.07) is 0. The molecule has 0 spiro atoms. The van der Waals surface area contributed by atoms with E-state index in [0.29, 0.717) is 0 Å². The number of aliphatic hydroxyl groups is 1. The molecule has 6 heteroatoms.